The van der Waals surface area contributed by atoms with Crippen molar-refractivity contribution in [1.82, 2.24) is 4.90 Å². The molecular weight excluding hydrogens is 276 g/mol. The molecule has 5 heteroatoms. The number of hydrogen-bond donors (Lipinski definition) is 0. The Morgan fingerprint density at radius 2 is 1.84 bits per heavy atom. The molecule has 1 aliphatic rings. The van der Waals surface area contributed by atoms with Crippen LogP contribution in [0.25, 0.3) is 0 Å². The fourth-order valence-corrected chi connectivity index (χ4v) is 3.36. The van der Waals surface area contributed by atoms with Crippen LogP contribution in [0.1, 0.15) is 6.92 Å². The summed E-state index contributed by atoms with van der Waals surface area (Å²) in [5.41, 5.74) is 1.31. The van der Waals surface area contributed by atoms with Gasteiger partial charge in [0.2, 0.25) is 4.38 Å². The molecule has 2 rings (SSSR count). The summed E-state index contributed by atoms with van der Waals surface area (Å²) in [6, 6.07) is 8.72. The Kier molecular flexibility index (Phi) is 5.48. The minimum atomic E-state index is 0.469. The Labute approximate surface area is 124 Å². The van der Waals surface area contributed by atoms with Crippen LogP contribution in [-0.4, -0.2) is 49.1 Å². The number of hydrogen-bond acceptors (Lipinski definition) is 4. The highest BCUT2D eigenvalue weighted by molar-refractivity contribution is 8.22. The van der Waals surface area contributed by atoms with Crippen LogP contribution in [0, 0.1) is 0 Å². The Morgan fingerprint density at radius 1 is 1.21 bits per heavy atom. The van der Waals surface area contributed by atoms with Crippen molar-refractivity contribution >= 4 is 34.0 Å². The first-order valence-corrected chi connectivity index (χ1v) is 8.07. The minimum absolute atomic E-state index is 0.469. The highest BCUT2D eigenvalue weighted by atomic mass is 32.2. The molecule has 1 aromatic carbocycles. The van der Waals surface area contributed by atoms with Gasteiger partial charge >= 0.3 is 0 Å². The average Bonchev–Trinajstić information content (AvgIpc) is 2.41. The van der Waals surface area contributed by atoms with E-state index in [2.05, 4.69) is 41.1 Å². The van der Waals surface area contributed by atoms with Gasteiger partial charge in [-0.2, -0.15) is 11.8 Å². The second-order valence-electron chi connectivity index (χ2n) is 4.68. The highest BCUT2D eigenvalue weighted by Crippen LogP contribution is 2.24. The summed E-state index contributed by atoms with van der Waals surface area (Å²) in [7, 11) is 2.18. The van der Waals surface area contributed by atoms with Crippen LogP contribution in [-0.2, 0) is 4.74 Å². The lowest BCUT2D eigenvalue weighted by Crippen LogP contribution is -2.44. The highest BCUT2D eigenvalue weighted by Gasteiger charge is 2.13. The van der Waals surface area contributed by atoms with E-state index in [1.54, 1.807) is 0 Å². The molecule has 19 heavy (non-hydrogen) atoms. The van der Waals surface area contributed by atoms with Crippen molar-refractivity contribution in [2.75, 3.05) is 44.7 Å². The van der Waals surface area contributed by atoms with Gasteiger partial charge in [-0.3, -0.25) is 0 Å². The van der Waals surface area contributed by atoms with Gasteiger partial charge in [-0.15, -0.1) is 0 Å². The predicted octanol–water partition coefficient (Wildman–Crippen LogP) is 2.32. The lowest BCUT2D eigenvalue weighted by molar-refractivity contribution is 0.313. The zero-order valence-corrected chi connectivity index (χ0v) is 13.4. The Morgan fingerprint density at radius 3 is 2.42 bits per heavy atom. The molecule has 0 aromatic heterocycles. The van der Waals surface area contributed by atoms with Gasteiger partial charge in [-0.25, -0.2) is 0 Å². The van der Waals surface area contributed by atoms with Gasteiger partial charge in [-0.1, -0.05) is 0 Å². The van der Waals surface area contributed by atoms with E-state index in [0.717, 1.165) is 26.2 Å². The summed E-state index contributed by atoms with van der Waals surface area (Å²) < 4.78 is 6.04. The molecule has 0 saturated carbocycles. The topological polar surface area (TPSA) is 15.7 Å². The molecule has 1 aliphatic heterocycles. The van der Waals surface area contributed by atoms with Crippen LogP contribution in [0.15, 0.2) is 29.2 Å². The van der Waals surface area contributed by atoms with Gasteiger partial charge in [0.05, 0.1) is 6.61 Å². The van der Waals surface area contributed by atoms with E-state index in [-0.39, 0.29) is 0 Å². The standard InChI is InChI=1S/C14H22N2OS2/c1-3-17-14(18)19-13-6-4-12(5-7-13)16-10-8-15(2)9-11-16/h4-7H,3,8-11,19H2,1-2H3. The first-order chi connectivity index (χ1) is 9.19. The van der Waals surface area contributed by atoms with Crippen molar-refractivity contribution in [3.63, 3.8) is 0 Å². The Bertz CT molecular complexity index is 414. The smallest absolute Gasteiger partial charge is 0.200 e. The van der Waals surface area contributed by atoms with E-state index in [0.29, 0.717) is 22.8 Å². The molecule has 1 aromatic rings. The molecule has 3 nitrogen and oxygen atoms in total. The lowest BCUT2D eigenvalue weighted by atomic mass is 10.2. The summed E-state index contributed by atoms with van der Waals surface area (Å²) in [5.74, 6) is 0. The predicted molar refractivity (Wildman–Crippen MR) is 89.0 cm³/mol. The van der Waals surface area contributed by atoms with Crippen LogP contribution >= 0.6 is 24.0 Å². The average molecular weight is 298 g/mol. The first kappa shape index (κ1) is 14.6. The normalized spacial score (nSPS) is 17.5. The van der Waals surface area contributed by atoms with Gasteiger partial charge in [0, 0.05) is 31.9 Å². The van der Waals surface area contributed by atoms with E-state index in [1.807, 2.05) is 6.92 Å². The van der Waals surface area contributed by atoms with Crippen molar-refractivity contribution in [2.45, 2.75) is 11.8 Å². The molecule has 1 fully saturated rings. The number of benzene rings is 1. The molecule has 0 unspecified atom stereocenters. The Balaban J connectivity index is 1.92. The van der Waals surface area contributed by atoms with Crippen LogP contribution in [0.2, 0.25) is 0 Å². The third-order valence-electron chi connectivity index (χ3n) is 3.26. The number of ether oxygens (including phenoxy) is 1. The molecule has 1 heterocycles. The maximum Gasteiger partial charge on any atom is 0.200 e. The molecule has 0 N–H and O–H groups in total. The van der Waals surface area contributed by atoms with Crippen molar-refractivity contribution in [2.24, 2.45) is 0 Å². The van der Waals surface area contributed by atoms with Crippen molar-refractivity contribution in [1.29, 1.82) is 0 Å². The van der Waals surface area contributed by atoms with Gasteiger partial charge in [0.15, 0.2) is 0 Å². The third kappa shape index (κ3) is 4.37. The summed E-state index contributed by atoms with van der Waals surface area (Å²) in [6.45, 7) is 7.11. The molecule has 0 atom stereocenters. The van der Waals surface area contributed by atoms with Crippen LogP contribution in [0.3, 0.4) is 0 Å². The number of likely N-dealkylation sites (N-methyl/N-ethyl adjacent to an activating group) is 1. The molecule has 1 saturated heterocycles. The third-order valence-corrected chi connectivity index (χ3v) is 4.65. The van der Waals surface area contributed by atoms with E-state index >= 15 is 0 Å². The largest absolute Gasteiger partial charge is 0.480 e. The van der Waals surface area contributed by atoms with Gasteiger partial charge in [0.1, 0.15) is 0 Å². The summed E-state index contributed by atoms with van der Waals surface area (Å²) >= 11 is 5.65. The number of thiocarbonyl (C=S) groups is 1. The second-order valence-corrected chi connectivity index (χ2v) is 6.70. The molecule has 0 amide bonds. The molecule has 0 bridgehead atoms. The van der Waals surface area contributed by atoms with E-state index in [1.165, 1.54) is 10.6 Å². The first-order valence-electron chi connectivity index (χ1n) is 6.66. The summed E-state index contributed by atoms with van der Waals surface area (Å²) in [6.07, 6.45) is 0. The molecule has 0 spiro atoms. The number of anilines is 1. The van der Waals surface area contributed by atoms with Crippen molar-refractivity contribution in [3.8, 4) is 0 Å². The van der Waals surface area contributed by atoms with Crippen molar-refractivity contribution < 1.29 is 4.74 Å². The number of piperazine rings is 1. The van der Waals surface area contributed by atoms with Crippen LogP contribution < -0.4 is 4.90 Å². The number of nitrogens with zero attached hydrogens (tertiary/aromatic N) is 2. The summed E-state index contributed by atoms with van der Waals surface area (Å²) in [5, 5.41) is 0. The Hall–Kier alpha value is -0.780. The number of rotatable bonds is 3. The van der Waals surface area contributed by atoms with E-state index in [4.69, 9.17) is 17.0 Å². The van der Waals surface area contributed by atoms with Crippen LogP contribution in [0.4, 0.5) is 5.69 Å². The van der Waals surface area contributed by atoms with Gasteiger partial charge < -0.3 is 14.5 Å². The summed E-state index contributed by atoms with van der Waals surface area (Å²) in [4.78, 5) is 6.05. The van der Waals surface area contributed by atoms with Crippen LogP contribution in [0.5, 0.6) is 0 Å². The van der Waals surface area contributed by atoms with E-state index < -0.39 is 0 Å². The quantitative estimate of drug-likeness (QED) is 0.796. The minimum Gasteiger partial charge on any atom is -0.480 e. The molecule has 106 valence electrons. The van der Waals surface area contributed by atoms with E-state index in [9.17, 15) is 0 Å². The zero-order valence-electron chi connectivity index (χ0n) is 11.6. The lowest BCUT2D eigenvalue weighted by Gasteiger charge is -2.34. The maximum atomic E-state index is 5.33. The fraction of sp³-hybridized carbons (Fsp3) is 0.500. The van der Waals surface area contributed by atoms with Gasteiger partial charge in [-0.05, 0) is 55.4 Å². The molecule has 0 aliphatic carbocycles. The van der Waals surface area contributed by atoms with Crippen molar-refractivity contribution in [3.05, 3.63) is 24.3 Å². The van der Waals surface area contributed by atoms with Gasteiger partial charge in [0.25, 0.3) is 0 Å². The zero-order chi connectivity index (χ0) is 13.7. The molecular formula is C14H22N2OS2. The monoisotopic (exact) mass is 298 g/mol. The maximum absolute atomic E-state index is 5.33. The SMILES string of the molecule is CCOC(=S)[SH2]c1ccc(N2CCN(C)CC2)cc1. The molecule has 0 radical (unpaired) electrons. The second kappa shape index (κ2) is 7.12. The fourth-order valence-electron chi connectivity index (χ4n) is 2.11.